The summed E-state index contributed by atoms with van der Waals surface area (Å²) in [7, 11) is 0. The van der Waals surface area contributed by atoms with Crippen LogP contribution in [0.15, 0.2) is 102 Å². The number of amides is 3. The summed E-state index contributed by atoms with van der Waals surface area (Å²) >= 11 is 18.2. The van der Waals surface area contributed by atoms with Crippen molar-refractivity contribution in [1.29, 1.82) is 0 Å². The van der Waals surface area contributed by atoms with Crippen LogP contribution in [0.25, 0.3) is 0 Å². The Labute approximate surface area is 288 Å². The molecule has 0 radical (unpaired) electrons. The molecule has 4 aromatic carbocycles. The number of anilines is 1. The number of esters is 1. The van der Waals surface area contributed by atoms with Gasteiger partial charge in [-0.25, -0.2) is 4.79 Å². The van der Waals surface area contributed by atoms with Crippen LogP contribution >= 0.6 is 39.1 Å². The largest absolute Gasteiger partial charge is 0.454 e. The van der Waals surface area contributed by atoms with E-state index in [2.05, 4.69) is 21.2 Å². The molecule has 0 unspecified atom stereocenters. The molecule has 1 fully saturated rings. The number of nitrogens with one attached hydrogen (secondary N) is 1. The van der Waals surface area contributed by atoms with Crippen LogP contribution in [0.3, 0.4) is 0 Å². The van der Waals surface area contributed by atoms with Crippen molar-refractivity contribution in [3.05, 3.63) is 135 Å². The van der Waals surface area contributed by atoms with Crippen LogP contribution in [-0.2, 0) is 28.9 Å². The van der Waals surface area contributed by atoms with E-state index in [4.69, 9.17) is 27.9 Å². The van der Waals surface area contributed by atoms with Crippen LogP contribution in [-0.4, -0.2) is 47.5 Å². The van der Waals surface area contributed by atoms with Crippen LogP contribution in [0.5, 0.6) is 0 Å². The van der Waals surface area contributed by atoms with Crippen molar-refractivity contribution >= 4 is 74.3 Å². The molecule has 2 bridgehead atoms. The molecule has 47 heavy (non-hydrogen) atoms. The molecule has 0 spiro atoms. The van der Waals surface area contributed by atoms with Gasteiger partial charge >= 0.3 is 5.97 Å². The van der Waals surface area contributed by atoms with Crippen molar-refractivity contribution in [2.24, 2.45) is 11.8 Å². The maximum Gasteiger partial charge on any atom is 0.338 e. The Morgan fingerprint density at radius 2 is 1.19 bits per heavy atom. The van der Waals surface area contributed by atoms with Gasteiger partial charge in [0.2, 0.25) is 17.7 Å². The normalized spacial score (nSPS) is 23.5. The second kappa shape index (κ2) is 11.7. The third kappa shape index (κ3) is 4.91. The SMILES string of the molecule is O=C(CCN1C(=O)[C@@H]2[C@@H](C1=O)C1(Cl)c3ccccc3C2(Cl)c2ccccc21)Nc1ccc(C(=O)OCC(=O)c2ccc(Br)cc2)cc1. The highest BCUT2D eigenvalue weighted by Gasteiger charge is 2.72. The first-order valence-electron chi connectivity index (χ1n) is 14.8. The number of ketones is 1. The van der Waals surface area contributed by atoms with Gasteiger partial charge in [-0.15, -0.1) is 23.2 Å². The van der Waals surface area contributed by atoms with E-state index in [0.29, 0.717) is 33.5 Å². The van der Waals surface area contributed by atoms with Gasteiger partial charge < -0.3 is 10.1 Å². The van der Waals surface area contributed by atoms with E-state index in [1.165, 1.54) is 24.3 Å². The fraction of sp³-hybridized carbons (Fsp3) is 0.194. The molecule has 4 aromatic rings. The van der Waals surface area contributed by atoms with Gasteiger partial charge in [0.05, 0.1) is 17.4 Å². The van der Waals surface area contributed by atoms with Crippen molar-refractivity contribution in [3.63, 3.8) is 0 Å². The lowest BCUT2D eigenvalue weighted by Crippen LogP contribution is -2.57. The highest BCUT2D eigenvalue weighted by molar-refractivity contribution is 9.10. The van der Waals surface area contributed by atoms with Crippen LogP contribution < -0.4 is 5.32 Å². The number of hydrogen-bond donors (Lipinski definition) is 1. The average molecular weight is 732 g/mol. The quantitative estimate of drug-likeness (QED) is 0.0972. The van der Waals surface area contributed by atoms with Crippen LogP contribution in [0, 0.1) is 11.8 Å². The molecule has 8 rings (SSSR count). The zero-order valence-electron chi connectivity index (χ0n) is 24.5. The fourth-order valence-electron chi connectivity index (χ4n) is 7.01. The standard InChI is InChI=1S/C36H25BrCl2N2O6/c37-22-13-9-20(10-14-22)28(42)19-47-34(46)21-11-15-23(16-12-21)40-29(43)17-18-41-32(44)30-31(33(41)45)36(39)25-6-2-1-5-24(25)35(30,38)26-7-3-4-8-27(26)36/h1-16,30-31H,17-19H2,(H,40,43)/t30-,31-,35?,36?/m0/s1. The molecule has 8 nitrogen and oxygen atoms in total. The van der Waals surface area contributed by atoms with Crippen LogP contribution in [0.1, 0.15) is 49.4 Å². The molecule has 4 aliphatic rings. The number of imide groups is 1. The minimum atomic E-state index is -1.28. The Hall–Kier alpha value is -4.31. The topological polar surface area (TPSA) is 110 Å². The summed E-state index contributed by atoms with van der Waals surface area (Å²) in [5.74, 6) is -4.25. The highest BCUT2D eigenvalue weighted by Crippen LogP contribution is 2.69. The lowest BCUT2D eigenvalue weighted by Gasteiger charge is -2.54. The van der Waals surface area contributed by atoms with Crippen LogP contribution in [0.2, 0.25) is 0 Å². The first kappa shape index (κ1) is 31.3. The number of alkyl halides is 2. The number of nitrogens with zero attached hydrogens (tertiary/aromatic N) is 1. The van der Waals surface area contributed by atoms with Gasteiger partial charge in [0, 0.05) is 28.7 Å². The van der Waals surface area contributed by atoms with Gasteiger partial charge in [-0.05, 0) is 58.7 Å². The van der Waals surface area contributed by atoms with E-state index in [9.17, 15) is 24.0 Å². The van der Waals surface area contributed by atoms with E-state index < -0.39 is 51.9 Å². The van der Waals surface area contributed by atoms with Gasteiger partial charge in [0.25, 0.3) is 0 Å². The lowest BCUT2D eigenvalue weighted by molar-refractivity contribution is -0.140. The maximum atomic E-state index is 13.9. The molecule has 0 aromatic heterocycles. The minimum absolute atomic E-state index is 0.153. The molecule has 11 heteroatoms. The van der Waals surface area contributed by atoms with Gasteiger partial charge in [-0.1, -0.05) is 76.6 Å². The number of rotatable bonds is 8. The van der Waals surface area contributed by atoms with Crippen molar-refractivity contribution in [2.75, 3.05) is 18.5 Å². The summed E-state index contributed by atoms with van der Waals surface area (Å²) in [6, 6.07) is 27.5. The molecule has 2 atom stereocenters. The van der Waals surface area contributed by atoms with Crippen molar-refractivity contribution in [3.8, 4) is 0 Å². The Balaban J connectivity index is 1.00. The third-order valence-electron chi connectivity index (χ3n) is 9.14. The molecule has 3 aliphatic carbocycles. The number of Topliss-reactive ketones (excluding diaryl/α,β-unsaturated/α-hetero) is 1. The molecule has 236 valence electrons. The summed E-state index contributed by atoms with van der Waals surface area (Å²) in [6.07, 6.45) is -0.163. The van der Waals surface area contributed by atoms with E-state index in [-0.39, 0.29) is 24.3 Å². The Morgan fingerprint density at radius 3 is 1.68 bits per heavy atom. The summed E-state index contributed by atoms with van der Waals surface area (Å²) in [4.78, 5) is 64.1. The van der Waals surface area contributed by atoms with Gasteiger partial charge in [-0.3, -0.25) is 24.1 Å². The summed E-state index contributed by atoms with van der Waals surface area (Å²) in [5, 5.41) is 2.72. The number of carbonyl (C=O) groups is 5. The number of halogens is 3. The average Bonchev–Trinajstić information content (AvgIpc) is 3.35. The molecule has 1 heterocycles. The first-order chi connectivity index (χ1) is 22.5. The van der Waals surface area contributed by atoms with E-state index in [1.54, 1.807) is 24.3 Å². The van der Waals surface area contributed by atoms with Gasteiger partial charge in [-0.2, -0.15) is 0 Å². The maximum absolute atomic E-state index is 13.9. The number of likely N-dealkylation sites (tertiary alicyclic amines) is 1. The molecule has 1 aliphatic heterocycles. The van der Waals surface area contributed by atoms with Crippen molar-refractivity contribution in [2.45, 2.75) is 16.2 Å². The lowest BCUT2D eigenvalue weighted by atomic mass is 9.54. The monoisotopic (exact) mass is 730 g/mol. The van der Waals surface area contributed by atoms with Crippen LogP contribution in [0.4, 0.5) is 5.69 Å². The van der Waals surface area contributed by atoms with E-state index >= 15 is 0 Å². The zero-order chi connectivity index (χ0) is 33.1. The fourth-order valence-corrected chi connectivity index (χ4v) is 8.37. The second-order valence-electron chi connectivity index (χ2n) is 11.7. The predicted molar refractivity (Wildman–Crippen MR) is 178 cm³/mol. The predicted octanol–water partition coefficient (Wildman–Crippen LogP) is 6.41. The Morgan fingerprint density at radius 1 is 0.723 bits per heavy atom. The molecular formula is C36H25BrCl2N2O6. The smallest absolute Gasteiger partial charge is 0.338 e. The Bertz CT molecular complexity index is 1860. The molecule has 1 saturated heterocycles. The first-order valence-corrected chi connectivity index (χ1v) is 16.4. The number of benzene rings is 4. The van der Waals surface area contributed by atoms with Gasteiger partial charge in [0.1, 0.15) is 9.75 Å². The van der Waals surface area contributed by atoms with Crippen molar-refractivity contribution in [1.82, 2.24) is 4.90 Å². The third-order valence-corrected chi connectivity index (χ3v) is 11.0. The number of ether oxygens (including phenoxy) is 1. The van der Waals surface area contributed by atoms with Gasteiger partial charge in [0.15, 0.2) is 12.4 Å². The summed E-state index contributed by atoms with van der Waals surface area (Å²) < 4.78 is 5.98. The summed E-state index contributed by atoms with van der Waals surface area (Å²) in [6.45, 7) is -0.567. The van der Waals surface area contributed by atoms with E-state index in [0.717, 1.165) is 9.37 Å². The second-order valence-corrected chi connectivity index (χ2v) is 13.8. The van der Waals surface area contributed by atoms with Crippen molar-refractivity contribution < 1.29 is 28.7 Å². The molecule has 0 saturated carbocycles. The number of carbonyl (C=O) groups excluding carboxylic acids is 5. The number of hydrogen-bond acceptors (Lipinski definition) is 6. The molecule has 3 amide bonds. The Kier molecular flexibility index (Phi) is 7.82. The minimum Gasteiger partial charge on any atom is -0.454 e. The molecule has 1 N–H and O–H groups in total. The summed E-state index contributed by atoms with van der Waals surface area (Å²) in [5.41, 5.74) is 3.85. The van der Waals surface area contributed by atoms with E-state index in [1.807, 2.05) is 48.5 Å². The zero-order valence-corrected chi connectivity index (χ0v) is 27.6. The molecular weight excluding hydrogens is 707 g/mol. The highest BCUT2D eigenvalue weighted by atomic mass is 79.9.